The average molecular weight is 132 g/mol. The molecule has 0 fully saturated rings. The third-order valence-corrected chi connectivity index (χ3v) is 0.881. The van der Waals surface area contributed by atoms with Crippen LogP contribution in [0.5, 0.6) is 0 Å². The first-order valence-electron chi connectivity index (χ1n) is 2.03. The van der Waals surface area contributed by atoms with E-state index in [1.165, 1.54) is 7.11 Å². The molecule has 0 N–H and O–H groups in total. The van der Waals surface area contributed by atoms with Gasteiger partial charge in [0.15, 0.2) is 5.17 Å². The molecule has 0 aromatic rings. The normalized spacial score (nSPS) is 16.8. The molecule has 0 saturated carbocycles. The van der Waals surface area contributed by atoms with Gasteiger partial charge in [0.2, 0.25) is 5.88 Å². The van der Waals surface area contributed by atoms with Gasteiger partial charge in [-0.3, -0.25) is 0 Å². The van der Waals surface area contributed by atoms with Gasteiger partial charge in [-0.25, -0.2) is 0 Å². The number of allylic oxidation sites excluding steroid dienone is 1. The minimum atomic E-state index is 0.363. The van der Waals surface area contributed by atoms with Crippen LogP contribution in [0.3, 0.4) is 0 Å². The van der Waals surface area contributed by atoms with E-state index in [1.807, 2.05) is 0 Å². The van der Waals surface area contributed by atoms with Crippen molar-refractivity contribution < 1.29 is 4.74 Å². The van der Waals surface area contributed by atoms with Crippen LogP contribution in [0.2, 0.25) is 0 Å². The summed E-state index contributed by atoms with van der Waals surface area (Å²) in [5.74, 6) is 0.454. The molecule has 0 bridgehead atoms. The number of halogens is 1. The molecule has 0 amide bonds. The van der Waals surface area contributed by atoms with Crippen LogP contribution in [0, 0.1) is 0 Å². The van der Waals surface area contributed by atoms with E-state index in [2.05, 4.69) is 15.3 Å². The molecule has 1 aliphatic rings. The maximum absolute atomic E-state index is 5.39. The third-order valence-electron chi connectivity index (χ3n) is 0.696. The minimum Gasteiger partial charge on any atom is -0.480 e. The van der Waals surface area contributed by atoms with Crippen LogP contribution in [0.25, 0.3) is 0 Å². The zero-order chi connectivity index (χ0) is 5.98. The standard InChI is InChI=1S/C4H4ClN2O/c1-8-4-2-3(5)6-7-4/h2H,1H3. The Morgan fingerprint density at radius 1 is 1.75 bits per heavy atom. The van der Waals surface area contributed by atoms with Gasteiger partial charge in [-0.1, -0.05) is 11.6 Å². The van der Waals surface area contributed by atoms with Crippen LogP contribution in [0.4, 0.5) is 0 Å². The van der Waals surface area contributed by atoms with E-state index in [-0.39, 0.29) is 0 Å². The third kappa shape index (κ3) is 0.924. The van der Waals surface area contributed by atoms with Gasteiger partial charge in [-0.2, -0.15) is 0 Å². The first-order chi connectivity index (χ1) is 3.83. The van der Waals surface area contributed by atoms with Crippen LogP contribution in [0.15, 0.2) is 17.1 Å². The molecular weight excluding hydrogens is 128 g/mol. The molecular formula is C4H4ClN2O. The smallest absolute Gasteiger partial charge is 0.236 e. The second-order valence-electron chi connectivity index (χ2n) is 1.21. The summed E-state index contributed by atoms with van der Waals surface area (Å²) in [5, 5.41) is 3.84. The van der Waals surface area contributed by atoms with Gasteiger partial charge >= 0.3 is 0 Å². The van der Waals surface area contributed by atoms with Crippen LogP contribution in [0.1, 0.15) is 0 Å². The average Bonchev–Trinajstić information content (AvgIpc) is 2.14. The molecule has 0 aromatic heterocycles. The van der Waals surface area contributed by atoms with Crippen LogP contribution in [-0.2, 0) is 4.74 Å². The van der Waals surface area contributed by atoms with E-state index < -0.39 is 0 Å². The van der Waals surface area contributed by atoms with Gasteiger partial charge in [0, 0.05) is 6.08 Å². The van der Waals surface area contributed by atoms with E-state index in [1.54, 1.807) is 6.08 Å². The molecule has 1 radical (unpaired) electrons. The van der Waals surface area contributed by atoms with Gasteiger partial charge in [-0.05, 0) is 0 Å². The summed E-state index contributed by atoms with van der Waals surface area (Å²) < 4.78 is 4.68. The van der Waals surface area contributed by atoms with Crippen molar-refractivity contribution in [3.8, 4) is 0 Å². The van der Waals surface area contributed by atoms with Gasteiger partial charge in [-0.15, -0.1) is 10.5 Å². The van der Waals surface area contributed by atoms with Gasteiger partial charge in [0.05, 0.1) is 7.11 Å². The fourth-order valence-corrected chi connectivity index (χ4v) is 0.488. The first-order valence-corrected chi connectivity index (χ1v) is 2.40. The number of methoxy groups -OCH3 is 1. The second-order valence-corrected chi connectivity index (χ2v) is 1.60. The summed E-state index contributed by atoms with van der Waals surface area (Å²) >= 11 is 5.39. The van der Waals surface area contributed by atoms with Crippen molar-refractivity contribution in [2.45, 2.75) is 0 Å². The van der Waals surface area contributed by atoms with E-state index in [4.69, 9.17) is 11.6 Å². The predicted octanol–water partition coefficient (Wildman–Crippen LogP) is 0.644. The lowest BCUT2D eigenvalue weighted by Gasteiger charge is -1.91. The molecule has 3 nitrogen and oxygen atoms in total. The van der Waals surface area contributed by atoms with E-state index in [0.717, 1.165) is 0 Å². The van der Waals surface area contributed by atoms with Crippen molar-refractivity contribution >= 4 is 16.8 Å². The number of rotatable bonds is 1. The van der Waals surface area contributed by atoms with E-state index >= 15 is 0 Å². The molecule has 43 valence electrons. The van der Waals surface area contributed by atoms with Crippen LogP contribution in [-0.4, -0.2) is 12.3 Å². The molecule has 1 rings (SSSR count). The van der Waals surface area contributed by atoms with Crippen LogP contribution < -0.4 is 5.43 Å². The number of hydrogen-bond acceptors (Lipinski definition) is 2. The Labute approximate surface area is 52.0 Å². The lowest BCUT2D eigenvalue weighted by molar-refractivity contribution is 0.264. The Bertz CT molecular complexity index is 152. The van der Waals surface area contributed by atoms with Gasteiger partial charge < -0.3 is 4.74 Å². The summed E-state index contributed by atoms with van der Waals surface area (Å²) in [6.45, 7) is 0. The van der Waals surface area contributed by atoms with Crippen molar-refractivity contribution in [1.29, 1.82) is 0 Å². The minimum absolute atomic E-state index is 0.363. The fourth-order valence-electron chi connectivity index (χ4n) is 0.356. The molecule has 0 unspecified atom stereocenters. The first kappa shape index (κ1) is 5.44. The molecule has 0 aromatic carbocycles. The van der Waals surface area contributed by atoms with Crippen molar-refractivity contribution in [3.63, 3.8) is 0 Å². The highest BCUT2D eigenvalue weighted by molar-refractivity contribution is 6.68. The maximum atomic E-state index is 5.39. The highest BCUT2D eigenvalue weighted by Gasteiger charge is 2.05. The van der Waals surface area contributed by atoms with E-state index in [0.29, 0.717) is 11.1 Å². The lowest BCUT2D eigenvalue weighted by Crippen LogP contribution is -1.92. The zero-order valence-electron chi connectivity index (χ0n) is 4.26. The topological polar surface area (TPSA) is 35.7 Å². The summed E-state index contributed by atoms with van der Waals surface area (Å²) in [6.07, 6.45) is 1.54. The number of ether oxygens (including phenoxy) is 1. The highest BCUT2D eigenvalue weighted by Crippen LogP contribution is 2.03. The van der Waals surface area contributed by atoms with Crippen molar-refractivity contribution in [2.24, 2.45) is 5.10 Å². The maximum Gasteiger partial charge on any atom is 0.236 e. The molecule has 0 aliphatic carbocycles. The van der Waals surface area contributed by atoms with E-state index in [9.17, 15) is 0 Å². The molecule has 1 heterocycles. The molecule has 0 spiro atoms. The SMILES string of the molecule is COC1=CC(Cl)=N[N]1. The van der Waals surface area contributed by atoms with Crippen molar-refractivity contribution in [2.75, 3.05) is 7.11 Å². The molecule has 8 heavy (non-hydrogen) atoms. The lowest BCUT2D eigenvalue weighted by atomic mass is 10.6. The Kier molecular flexibility index (Phi) is 1.39. The summed E-state index contributed by atoms with van der Waals surface area (Å²) in [7, 11) is 1.51. The fraction of sp³-hybridized carbons (Fsp3) is 0.250. The van der Waals surface area contributed by atoms with Crippen LogP contribution >= 0.6 is 11.6 Å². The largest absolute Gasteiger partial charge is 0.480 e. The molecule has 0 saturated heterocycles. The predicted molar refractivity (Wildman–Crippen MR) is 30.5 cm³/mol. The summed E-state index contributed by atoms with van der Waals surface area (Å²) in [6, 6.07) is 0. The number of nitrogens with zero attached hydrogens (tertiary/aromatic N) is 2. The Hall–Kier alpha value is -0.700. The monoisotopic (exact) mass is 131 g/mol. The Morgan fingerprint density at radius 2 is 2.50 bits per heavy atom. The molecule has 1 aliphatic heterocycles. The quantitative estimate of drug-likeness (QED) is 0.515. The zero-order valence-corrected chi connectivity index (χ0v) is 5.01. The second kappa shape index (κ2) is 2.05. The highest BCUT2D eigenvalue weighted by atomic mass is 35.5. The Balaban J connectivity index is 2.56. The van der Waals surface area contributed by atoms with Crippen molar-refractivity contribution in [3.05, 3.63) is 12.0 Å². The number of hydrogen-bond donors (Lipinski definition) is 0. The van der Waals surface area contributed by atoms with Gasteiger partial charge in [0.25, 0.3) is 0 Å². The van der Waals surface area contributed by atoms with Gasteiger partial charge in [0.1, 0.15) is 0 Å². The van der Waals surface area contributed by atoms with Crippen molar-refractivity contribution in [1.82, 2.24) is 5.43 Å². The molecule has 0 atom stereocenters. The summed E-state index contributed by atoms with van der Waals surface area (Å²) in [5.41, 5.74) is 3.53. The molecule has 4 heteroatoms. The summed E-state index contributed by atoms with van der Waals surface area (Å²) in [4.78, 5) is 0. The Morgan fingerprint density at radius 3 is 2.75 bits per heavy atom.